The quantitative estimate of drug-likeness (QED) is 0.871. The number of alkyl halides is 1. The van der Waals surface area contributed by atoms with E-state index in [1.807, 2.05) is 31.2 Å². The largest absolute Gasteiger partial charge is 0.365 e. The van der Waals surface area contributed by atoms with Crippen molar-refractivity contribution in [1.82, 2.24) is 0 Å². The zero-order chi connectivity index (χ0) is 12.3. The van der Waals surface area contributed by atoms with Crippen LogP contribution in [0.5, 0.6) is 0 Å². The van der Waals surface area contributed by atoms with Crippen LogP contribution in [-0.2, 0) is 14.9 Å². The zero-order valence-corrected chi connectivity index (χ0v) is 11.4. The maximum absolute atomic E-state index is 11.9. The van der Waals surface area contributed by atoms with Gasteiger partial charge < -0.3 is 10.1 Å². The molecule has 0 spiro atoms. The molecule has 1 aromatic rings. The van der Waals surface area contributed by atoms with Crippen LogP contribution >= 0.6 is 15.9 Å². The van der Waals surface area contributed by atoms with E-state index in [0.29, 0.717) is 0 Å². The minimum absolute atomic E-state index is 0.0407. The molecule has 1 saturated heterocycles. The Balaban J connectivity index is 1.98. The SMILES string of the molecule is CC1CCC(C(=O)Nc2cccc(CBr)c2)O1. The third-order valence-electron chi connectivity index (χ3n) is 2.87. The molecule has 4 heteroatoms. The van der Waals surface area contributed by atoms with E-state index in [1.54, 1.807) is 0 Å². The Morgan fingerprint density at radius 1 is 1.53 bits per heavy atom. The highest BCUT2D eigenvalue weighted by Gasteiger charge is 2.28. The molecule has 1 aromatic carbocycles. The Bertz CT molecular complexity index is 408. The van der Waals surface area contributed by atoms with Crippen molar-refractivity contribution in [1.29, 1.82) is 0 Å². The molecular weight excluding hydrogens is 282 g/mol. The second-order valence-electron chi connectivity index (χ2n) is 4.34. The number of anilines is 1. The van der Waals surface area contributed by atoms with Crippen molar-refractivity contribution in [3.8, 4) is 0 Å². The summed E-state index contributed by atoms with van der Waals surface area (Å²) in [6.45, 7) is 2.00. The maximum Gasteiger partial charge on any atom is 0.253 e. The molecule has 1 fully saturated rings. The highest BCUT2D eigenvalue weighted by molar-refractivity contribution is 9.08. The van der Waals surface area contributed by atoms with Crippen LogP contribution in [0.15, 0.2) is 24.3 Å². The number of rotatable bonds is 3. The van der Waals surface area contributed by atoms with Gasteiger partial charge >= 0.3 is 0 Å². The number of carbonyl (C=O) groups excluding carboxylic acids is 1. The summed E-state index contributed by atoms with van der Waals surface area (Å²) >= 11 is 3.39. The van der Waals surface area contributed by atoms with Gasteiger partial charge in [0, 0.05) is 11.0 Å². The smallest absolute Gasteiger partial charge is 0.253 e. The van der Waals surface area contributed by atoms with Crippen LogP contribution in [0.25, 0.3) is 0 Å². The van der Waals surface area contributed by atoms with E-state index in [9.17, 15) is 4.79 Å². The zero-order valence-electron chi connectivity index (χ0n) is 9.78. The van der Waals surface area contributed by atoms with Crippen molar-refractivity contribution in [3.05, 3.63) is 29.8 Å². The van der Waals surface area contributed by atoms with Gasteiger partial charge in [-0.05, 0) is 37.5 Å². The van der Waals surface area contributed by atoms with Crippen LogP contribution < -0.4 is 5.32 Å². The van der Waals surface area contributed by atoms with Crippen molar-refractivity contribution in [3.63, 3.8) is 0 Å². The fourth-order valence-corrected chi connectivity index (χ4v) is 2.30. The summed E-state index contributed by atoms with van der Waals surface area (Å²) in [6, 6.07) is 7.80. The first-order valence-electron chi connectivity index (χ1n) is 5.80. The van der Waals surface area contributed by atoms with Gasteiger partial charge in [-0.25, -0.2) is 0 Å². The molecule has 0 aromatic heterocycles. The lowest BCUT2D eigenvalue weighted by molar-refractivity contribution is -0.126. The number of hydrogen-bond acceptors (Lipinski definition) is 2. The van der Waals surface area contributed by atoms with Crippen molar-refractivity contribution in [2.24, 2.45) is 0 Å². The second-order valence-corrected chi connectivity index (χ2v) is 4.90. The standard InChI is InChI=1S/C13H16BrNO2/c1-9-5-6-12(17-9)13(16)15-11-4-2-3-10(7-11)8-14/h2-4,7,9,12H,5-6,8H2,1H3,(H,15,16). The number of carbonyl (C=O) groups is 1. The van der Waals surface area contributed by atoms with E-state index >= 15 is 0 Å². The van der Waals surface area contributed by atoms with Gasteiger partial charge in [0.2, 0.25) is 0 Å². The van der Waals surface area contributed by atoms with E-state index in [1.165, 1.54) is 0 Å². The molecule has 2 rings (SSSR count). The van der Waals surface area contributed by atoms with Crippen molar-refractivity contribution >= 4 is 27.5 Å². The third-order valence-corrected chi connectivity index (χ3v) is 3.52. The summed E-state index contributed by atoms with van der Waals surface area (Å²) in [4.78, 5) is 11.9. The molecule has 1 heterocycles. The molecule has 17 heavy (non-hydrogen) atoms. The lowest BCUT2D eigenvalue weighted by atomic mass is 10.2. The highest BCUT2D eigenvalue weighted by atomic mass is 79.9. The molecule has 0 radical (unpaired) electrons. The second kappa shape index (κ2) is 5.65. The molecule has 0 aliphatic carbocycles. The van der Waals surface area contributed by atoms with Gasteiger partial charge in [-0.3, -0.25) is 4.79 Å². The first-order chi connectivity index (χ1) is 8.19. The molecule has 1 aliphatic heterocycles. The van der Waals surface area contributed by atoms with Gasteiger partial charge in [-0.15, -0.1) is 0 Å². The summed E-state index contributed by atoms with van der Waals surface area (Å²) in [5, 5.41) is 3.68. The fourth-order valence-electron chi connectivity index (χ4n) is 1.95. The van der Waals surface area contributed by atoms with Gasteiger partial charge in [-0.1, -0.05) is 28.1 Å². The minimum Gasteiger partial charge on any atom is -0.365 e. The van der Waals surface area contributed by atoms with Crippen LogP contribution in [0.1, 0.15) is 25.3 Å². The first-order valence-corrected chi connectivity index (χ1v) is 6.92. The van der Waals surface area contributed by atoms with Gasteiger partial charge in [0.25, 0.3) is 5.91 Å². The Morgan fingerprint density at radius 3 is 3.00 bits per heavy atom. The van der Waals surface area contributed by atoms with Crippen molar-refractivity contribution < 1.29 is 9.53 Å². The maximum atomic E-state index is 11.9. The molecule has 0 bridgehead atoms. The number of ether oxygens (including phenoxy) is 1. The molecule has 2 unspecified atom stereocenters. The minimum atomic E-state index is -0.294. The number of halogens is 1. The fraction of sp³-hybridized carbons (Fsp3) is 0.462. The summed E-state index contributed by atoms with van der Waals surface area (Å²) in [6.07, 6.45) is 1.67. The van der Waals surface area contributed by atoms with E-state index < -0.39 is 0 Å². The highest BCUT2D eigenvalue weighted by Crippen LogP contribution is 2.21. The van der Waals surface area contributed by atoms with E-state index in [2.05, 4.69) is 21.2 Å². The number of nitrogens with one attached hydrogen (secondary N) is 1. The number of amides is 1. The monoisotopic (exact) mass is 297 g/mol. The average molecular weight is 298 g/mol. The molecular formula is C13H16BrNO2. The predicted octanol–water partition coefficient (Wildman–Crippen LogP) is 3.09. The number of hydrogen-bond donors (Lipinski definition) is 1. The predicted molar refractivity (Wildman–Crippen MR) is 71.3 cm³/mol. The molecule has 2 atom stereocenters. The van der Waals surface area contributed by atoms with Gasteiger partial charge in [0.05, 0.1) is 6.10 Å². The van der Waals surface area contributed by atoms with E-state index in [4.69, 9.17) is 4.74 Å². The lowest BCUT2D eigenvalue weighted by Gasteiger charge is -2.12. The molecule has 1 aliphatic rings. The molecule has 1 amide bonds. The Kier molecular flexibility index (Phi) is 4.18. The van der Waals surface area contributed by atoms with Crippen LogP contribution in [0, 0.1) is 0 Å². The van der Waals surface area contributed by atoms with Crippen molar-refractivity contribution in [2.45, 2.75) is 37.3 Å². The molecule has 1 N–H and O–H groups in total. The van der Waals surface area contributed by atoms with Crippen LogP contribution in [0.4, 0.5) is 5.69 Å². The summed E-state index contributed by atoms with van der Waals surface area (Å²) in [5.41, 5.74) is 1.97. The van der Waals surface area contributed by atoms with Crippen molar-refractivity contribution in [2.75, 3.05) is 5.32 Å². The average Bonchev–Trinajstić information content (AvgIpc) is 2.76. The van der Waals surface area contributed by atoms with Gasteiger partial charge in [-0.2, -0.15) is 0 Å². The van der Waals surface area contributed by atoms with Crippen LogP contribution in [0.2, 0.25) is 0 Å². The Morgan fingerprint density at radius 2 is 2.35 bits per heavy atom. The Labute approximate surface area is 110 Å². The van der Waals surface area contributed by atoms with E-state index in [-0.39, 0.29) is 18.1 Å². The van der Waals surface area contributed by atoms with Gasteiger partial charge in [0.15, 0.2) is 0 Å². The topological polar surface area (TPSA) is 38.3 Å². The molecule has 92 valence electrons. The summed E-state index contributed by atoms with van der Waals surface area (Å²) in [7, 11) is 0. The molecule has 3 nitrogen and oxygen atoms in total. The van der Waals surface area contributed by atoms with Gasteiger partial charge in [0.1, 0.15) is 6.10 Å². The lowest BCUT2D eigenvalue weighted by Crippen LogP contribution is -2.27. The van der Waals surface area contributed by atoms with E-state index in [0.717, 1.165) is 29.4 Å². The number of benzene rings is 1. The molecule has 0 saturated carbocycles. The summed E-state index contributed by atoms with van der Waals surface area (Å²) < 4.78 is 5.53. The summed E-state index contributed by atoms with van der Waals surface area (Å²) in [5.74, 6) is -0.0407. The van der Waals surface area contributed by atoms with Crippen LogP contribution in [-0.4, -0.2) is 18.1 Å². The Hall–Kier alpha value is -0.870. The van der Waals surface area contributed by atoms with Crippen LogP contribution in [0.3, 0.4) is 0 Å². The normalized spacial score (nSPS) is 23.6. The third kappa shape index (κ3) is 3.30. The first kappa shape index (κ1) is 12.6.